The van der Waals surface area contributed by atoms with E-state index in [2.05, 4.69) is 9.97 Å². The summed E-state index contributed by atoms with van der Waals surface area (Å²) in [7, 11) is 0. The van der Waals surface area contributed by atoms with E-state index in [1.165, 1.54) is 4.90 Å². The number of nitrogens with zero attached hydrogens (tertiary/aromatic N) is 3. The number of fused-ring (bicyclic) bond motifs is 1. The average molecular weight is 429 g/mol. The summed E-state index contributed by atoms with van der Waals surface area (Å²) in [5.41, 5.74) is 1.60. The minimum absolute atomic E-state index is 0.00407. The van der Waals surface area contributed by atoms with Crippen LogP contribution in [0.4, 0.5) is 0 Å². The number of ether oxygens (including phenoxy) is 2. The van der Waals surface area contributed by atoms with Crippen LogP contribution < -0.4 is 9.47 Å². The molecule has 2 aliphatic heterocycles. The maximum Gasteiger partial charge on any atom is 0.296 e. The highest BCUT2D eigenvalue weighted by atomic mass is 16.6. The number of rotatable bonds is 4. The lowest BCUT2D eigenvalue weighted by molar-refractivity contribution is -0.140. The van der Waals surface area contributed by atoms with Gasteiger partial charge < -0.3 is 19.5 Å². The van der Waals surface area contributed by atoms with Crippen molar-refractivity contribution in [2.24, 2.45) is 0 Å². The Balaban J connectivity index is 1.62. The summed E-state index contributed by atoms with van der Waals surface area (Å²) in [6.45, 7) is 0.947. The molecule has 8 heteroatoms. The van der Waals surface area contributed by atoms with Gasteiger partial charge in [-0.25, -0.2) is 0 Å². The van der Waals surface area contributed by atoms with Crippen molar-refractivity contribution < 1.29 is 24.2 Å². The highest BCUT2D eigenvalue weighted by Gasteiger charge is 2.46. The molecule has 160 valence electrons. The van der Waals surface area contributed by atoms with Crippen LogP contribution in [0.25, 0.3) is 5.76 Å². The number of amides is 1. The van der Waals surface area contributed by atoms with Gasteiger partial charge in [0.1, 0.15) is 19.0 Å². The summed E-state index contributed by atoms with van der Waals surface area (Å²) < 4.78 is 11.1. The van der Waals surface area contributed by atoms with Gasteiger partial charge in [0.25, 0.3) is 11.7 Å². The van der Waals surface area contributed by atoms with Crippen LogP contribution in [-0.4, -0.2) is 44.9 Å². The second-order valence-corrected chi connectivity index (χ2v) is 7.39. The van der Waals surface area contributed by atoms with Crippen molar-refractivity contribution in [2.45, 2.75) is 12.6 Å². The Morgan fingerprint density at radius 1 is 1.03 bits per heavy atom. The van der Waals surface area contributed by atoms with Crippen LogP contribution >= 0.6 is 0 Å². The molecule has 0 radical (unpaired) electrons. The number of hydrogen-bond donors (Lipinski definition) is 1. The first-order chi connectivity index (χ1) is 15.6. The van der Waals surface area contributed by atoms with Gasteiger partial charge in [0.2, 0.25) is 0 Å². The molecule has 0 spiro atoms. The Hall–Kier alpha value is -4.20. The summed E-state index contributed by atoms with van der Waals surface area (Å²) in [4.78, 5) is 35.9. The SMILES string of the molecule is O=C1C(=O)N(Cc2ccccn2)C(c2cccnc2)/C1=C(/O)c1ccc2c(c1)OCCO2. The molecule has 0 aliphatic carbocycles. The molecule has 5 rings (SSSR count). The minimum Gasteiger partial charge on any atom is -0.507 e. The van der Waals surface area contributed by atoms with E-state index in [4.69, 9.17) is 9.47 Å². The number of hydrogen-bond acceptors (Lipinski definition) is 7. The van der Waals surface area contributed by atoms with E-state index in [0.717, 1.165) is 0 Å². The molecule has 2 aliphatic rings. The van der Waals surface area contributed by atoms with Crippen LogP contribution in [0.3, 0.4) is 0 Å². The lowest BCUT2D eigenvalue weighted by Crippen LogP contribution is -2.29. The van der Waals surface area contributed by atoms with Crippen molar-refractivity contribution in [3.63, 3.8) is 0 Å². The smallest absolute Gasteiger partial charge is 0.296 e. The molecule has 1 amide bonds. The van der Waals surface area contributed by atoms with E-state index in [-0.39, 0.29) is 17.9 Å². The number of Topliss-reactive ketones (excluding diaryl/α,β-unsaturated/α-hetero) is 1. The number of benzene rings is 1. The maximum atomic E-state index is 13.1. The fourth-order valence-corrected chi connectivity index (χ4v) is 3.94. The Morgan fingerprint density at radius 3 is 2.62 bits per heavy atom. The standard InChI is InChI=1S/C24H19N3O5/c28-22(15-6-7-18-19(12-15)32-11-10-31-18)20-21(16-4-3-8-25-13-16)27(24(30)23(20)29)14-17-5-1-2-9-26-17/h1-9,12-13,21,28H,10-11,14H2/b22-20-. The van der Waals surface area contributed by atoms with Crippen LogP contribution in [-0.2, 0) is 16.1 Å². The fraction of sp³-hybridized carbons (Fsp3) is 0.167. The Labute approximate surface area is 183 Å². The zero-order valence-electron chi connectivity index (χ0n) is 17.0. The van der Waals surface area contributed by atoms with Crippen LogP contribution in [0, 0.1) is 0 Å². The van der Waals surface area contributed by atoms with Gasteiger partial charge in [-0.15, -0.1) is 0 Å². The monoisotopic (exact) mass is 429 g/mol. The fourth-order valence-electron chi connectivity index (χ4n) is 3.94. The number of aliphatic hydroxyl groups is 1. The largest absolute Gasteiger partial charge is 0.507 e. The highest BCUT2D eigenvalue weighted by molar-refractivity contribution is 6.46. The van der Waals surface area contributed by atoms with Gasteiger partial charge in [-0.1, -0.05) is 12.1 Å². The summed E-state index contributed by atoms with van der Waals surface area (Å²) in [5, 5.41) is 11.2. The van der Waals surface area contributed by atoms with Crippen LogP contribution in [0.1, 0.15) is 22.9 Å². The van der Waals surface area contributed by atoms with Gasteiger partial charge in [0, 0.05) is 24.2 Å². The van der Waals surface area contributed by atoms with Gasteiger partial charge >= 0.3 is 0 Å². The number of carbonyl (C=O) groups excluding carboxylic acids is 2. The van der Waals surface area contributed by atoms with Crippen molar-refractivity contribution in [3.8, 4) is 11.5 Å². The molecule has 1 aromatic carbocycles. The average Bonchev–Trinajstić information content (AvgIpc) is 3.09. The van der Waals surface area contributed by atoms with Crippen LogP contribution in [0.5, 0.6) is 11.5 Å². The maximum absolute atomic E-state index is 13.1. The zero-order chi connectivity index (χ0) is 22.1. The zero-order valence-corrected chi connectivity index (χ0v) is 17.0. The van der Waals surface area contributed by atoms with Crippen molar-refractivity contribution in [1.82, 2.24) is 14.9 Å². The topological polar surface area (TPSA) is 102 Å². The number of likely N-dealkylation sites (tertiary alicyclic amines) is 1. The molecular weight excluding hydrogens is 410 g/mol. The first kappa shape index (κ1) is 19.7. The minimum atomic E-state index is -0.807. The third-order valence-electron chi connectivity index (χ3n) is 5.41. The van der Waals surface area contributed by atoms with Crippen molar-refractivity contribution in [1.29, 1.82) is 0 Å². The number of aromatic nitrogens is 2. The number of aliphatic hydroxyl groups excluding tert-OH is 1. The predicted octanol–water partition coefficient (Wildman–Crippen LogP) is 2.87. The lowest BCUT2D eigenvalue weighted by Gasteiger charge is -2.25. The Bertz CT molecular complexity index is 1210. The number of carbonyl (C=O) groups is 2. The number of ketones is 1. The highest BCUT2D eigenvalue weighted by Crippen LogP contribution is 2.41. The van der Waals surface area contributed by atoms with Gasteiger partial charge in [-0.05, 0) is 42.0 Å². The predicted molar refractivity (Wildman–Crippen MR) is 114 cm³/mol. The molecule has 1 unspecified atom stereocenters. The summed E-state index contributed by atoms with van der Waals surface area (Å²) in [5.74, 6) is -0.711. The van der Waals surface area contributed by atoms with Gasteiger partial charge in [0.15, 0.2) is 11.5 Å². The molecule has 0 bridgehead atoms. The lowest BCUT2D eigenvalue weighted by atomic mass is 9.96. The first-order valence-electron chi connectivity index (χ1n) is 10.1. The van der Waals surface area contributed by atoms with Crippen LogP contribution in [0.2, 0.25) is 0 Å². The van der Waals surface area contributed by atoms with Gasteiger partial charge in [0.05, 0.1) is 23.9 Å². The molecule has 32 heavy (non-hydrogen) atoms. The van der Waals surface area contributed by atoms with E-state index in [1.807, 2.05) is 6.07 Å². The molecule has 2 aromatic heterocycles. The Morgan fingerprint density at radius 2 is 1.88 bits per heavy atom. The van der Waals surface area contributed by atoms with Crippen LogP contribution in [0.15, 0.2) is 72.7 Å². The molecule has 1 atom stereocenters. The summed E-state index contributed by atoms with van der Waals surface area (Å²) >= 11 is 0. The first-order valence-corrected chi connectivity index (χ1v) is 10.1. The normalized spacial score (nSPS) is 19.2. The third-order valence-corrected chi connectivity index (χ3v) is 5.41. The van der Waals surface area contributed by atoms with E-state index < -0.39 is 17.7 Å². The molecule has 8 nitrogen and oxygen atoms in total. The third kappa shape index (κ3) is 3.45. The molecule has 1 fully saturated rings. The second-order valence-electron chi connectivity index (χ2n) is 7.39. The van der Waals surface area contributed by atoms with Crippen molar-refractivity contribution in [2.75, 3.05) is 13.2 Å². The van der Waals surface area contributed by atoms with E-state index in [9.17, 15) is 14.7 Å². The van der Waals surface area contributed by atoms with Crippen molar-refractivity contribution in [3.05, 3.63) is 89.5 Å². The Kier molecular flexibility index (Phi) is 5.03. The molecule has 1 N–H and O–H groups in total. The van der Waals surface area contributed by atoms with E-state index in [1.54, 1.807) is 61.1 Å². The molecule has 0 saturated carbocycles. The van der Waals surface area contributed by atoms with Gasteiger partial charge in [-0.3, -0.25) is 19.6 Å². The molecule has 1 saturated heterocycles. The second kappa shape index (κ2) is 8.14. The molecule has 4 heterocycles. The van der Waals surface area contributed by atoms with E-state index >= 15 is 0 Å². The quantitative estimate of drug-likeness (QED) is 0.387. The molecule has 3 aromatic rings. The summed E-state index contributed by atoms with van der Waals surface area (Å²) in [6, 6.07) is 13.0. The van der Waals surface area contributed by atoms with E-state index in [0.29, 0.717) is 41.5 Å². The van der Waals surface area contributed by atoms with Crippen molar-refractivity contribution >= 4 is 17.4 Å². The number of pyridine rings is 2. The van der Waals surface area contributed by atoms with Gasteiger partial charge in [-0.2, -0.15) is 0 Å². The summed E-state index contributed by atoms with van der Waals surface area (Å²) in [6.07, 6.45) is 4.81. The molecular formula is C24H19N3O5.